The molecular weight excluding hydrogens is 336 g/mol. The summed E-state index contributed by atoms with van der Waals surface area (Å²) in [7, 11) is 0. The summed E-state index contributed by atoms with van der Waals surface area (Å²) in [6.07, 6.45) is 3.94. The summed E-state index contributed by atoms with van der Waals surface area (Å²) in [6, 6.07) is 14.9. The van der Waals surface area contributed by atoms with Crippen molar-refractivity contribution < 1.29 is 10.4 Å². The van der Waals surface area contributed by atoms with E-state index >= 15 is 0 Å². The maximum atomic E-state index is 9.61. The quantitative estimate of drug-likeness (QED) is 0.361. The average Bonchev–Trinajstić information content (AvgIpc) is 3.00. The molecule has 0 fully saturated rings. The molecule has 2 aromatic carbocycles. The lowest BCUT2D eigenvalue weighted by atomic mass is 9.73. The van der Waals surface area contributed by atoms with Crippen molar-refractivity contribution in [3.63, 3.8) is 0 Å². The van der Waals surface area contributed by atoms with Crippen molar-refractivity contribution in [2.75, 3.05) is 0 Å². The lowest BCUT2D eigenvalue weighted by molar-refractivity contribution is 0.314. The van der Waals surface area contributed by atoms with Gasteiger partial charge in [-0.05, 0) is 47.6 Å². The Bertz CT molecular complexity index is 880. The lowest BCUT2D eigenvalue weighted by Gasteiger charge is -2.30. The smallest absolute Gasteiger partial charge is 0.0925 e. The molecule has 2 aromatic rings. The molecule has 0 spiro atoms. The van der Waals surface area contributed by atoms with Crippen molar-refractivity contribution >= 4 is 11.4 Å². The van der Waals surface area contributed by atoms with Gasteiger partial charge in [-0.3, -0.25) is 0 Å². The summed E-state index contributed by atoms with van der Waals surface area (Å²) in [5.41, 5.74) is 7.28. The third-order valence-electron chi connectivity index (χ3n) is 5.98. The number of fused-ring (bicyclic) bond motifs is 3. The molecule has 4 heteroatoms. The minimum absolute atomic E-state index is 0.0141. The van der Waals surface area contributed by atoms with Gasteiger partial charge >= 0.3 is 0 Å². The molecule has 0 saturated heterocycles. The first-order valence-electron chi connectivity index (χ1n) is 9.80. The number of benzene rings is 2. The van der Waals surface area contributed by atoms with Gasteiger partial charge in [0.15, 0.2) is 0 Å². The molecule has 1 aliphatic rings. The van der Waals surface area contributed by atoms with E-state index in [9.17, 15) is 10.4 Å². The lowest BCUT2D eigenvalue weighted by Crippen LogP contribution is -2.23. The fourth-order valence-electron chi connectivity index (χ4n) is 4.50. The fraction of sp³-hybridized carbons (Fsp3) is 0.391. The second-order valence-corrected chi connectivity index (χ2v) is 7.23. The number of hydrogen-bond acceptors (Lipinski definition) is 4. The van der Waals surface area contributed by atoms with Gasteiger partial charge in [0.1, 0.15) is 0 Å². The van der Waals surface area contributed by atoms with Gasteiger partial charge in [0, 0.05) is 17.4 Å². The first-order chi connectivity index (χ1) is 13.1. The molecule has 0 bridgehead atoms. The highest BCUT2D eigenvalue weighted by Gasteiger charge is 2.40. The molecule has 0 atom stereocenters. The summed E-state index contributed by atoms with van der Waals surface area (Å²) in [5, 5.41) is 25.8. The standard InChI is InChI=1S/C23H28N2O2/c1-4-9-17(24-26)15-22(25-27)16-12-13-19-18-10-7-8-11-20(18)23(5-2,6-3)21(19)14-16/h7-8,10-14,26-27H,4-6,9,15H2,1-3H3. The van der Waals surface area contributed by atoms with Crippen LogP contribution in [0.15, 0.2) is 52.8 Å². The van der Waals surface area contributed by atoms with E-state index in [4.69, 9.17) is 0 Å². The predicted molar refractivity (Wildman–Crippen MR) is 110 cm³/mol. The monoisotopic (exact) mass is 364 g/mol. The Morgan fingerprint density at radius 1 is 0.889 bits per heavy atom. The van der Waals surface area contributed by atoms with Gasteiger partial charge in [-0.15, -0.1) is 0 Å². The second kappa shape index (κ2) is 7.95. The highest BCUT2D eigenvalue weighted by atomic mass is 16.4. The van der Waals surface area contributed by atoms with Crippen LogP contribution in [0.2, 0.25) is 0 Å². The van der Waals surface area contributed by atoms with Gasteiger partial charge < -0.3 is 10.4 Å². The molecule has 0 aromatic heterocycles. The molecule has 0 saturated carbocycles. The third-order valence-corrected chi connectivity index (χ3v) is 5.98. The van der Waals surface area contributed by atoms with Gasteiger partial charge in [0.2, 0.25) is 0 Å². The Morgan fingerprint density at radius 2 is 1.59 bits per heavy atom. The zero-order valence-electron chi connectivity index (χ0n) is 16.4. The van der Waals surface area contributed by atoms with Crippen LogP contribution in [0, 0.1) is 0 Å². The van der Waals surface area contributed by atoms with Crippen LogP contribution in [-0.2, 0) is 5.41 Å². The molecule has 0 heterocycles. The van der Waals surface area contributed by atoms with Crippen LogP contribution in [0.4, 0.5) is 0 Å². The van der Waals surface area contributed by atoms with Gasteiger partial charge in [-0.25, -0.2) is 0 Å². The van der Waals surface area contributed by atoms with E-state index in [0.717, 1.165) is 24.8 Å². The minimum Gasteiger partial charge on any atom is -0.411 e. The van der Waals surface area contributed by atoms with E-state index in [1.54, 1.807) is 0 Å². The molecule has 0 amide bonds. The fourth-order valence-corrected chi connectivity index (χ4v) is 4.50. The number of oxime groups is 2. The van der Waals surface area contributed by atoms with Crippen molar-refractivity contribution in [3.8, 4) is 11.1 Å². The Hall–Kier alpha value is -2.62. The van der Waals surface area contributed by atoms with E-state index in [1.165, 1.54) is 22.3 Å². The van der Waals surface area contributed by atoms with Crippen molar-refractivity contribution in [2.24, 2.45) is 10.3 Å². The minimum atomic E-state index is -0.0141. The number of rotatable bonds is 7. The highest BCUT2D eigenvalue weighted by molar-refractivity contribution is 6.12. The molecule has 2 N–H and O–H groups in total. The summed E-state index contributed by atoms with van der Waals surface area (Å²) >= 11 is 0. The van der Waals surface area contributed by atoms with Crippen molar-refractivity contribution in [1.29, 1.82) is 0 Å². The largest absolute Gasteiger partial charge is 0.411 e. The number of hydrogen-bond donors (Lipinski definition) is 2. The van der Waals surface area contributed by atoms with Crippen molar-refractivity contribution in [3.05, 3.63) is 59.2 Å². The molecular formula is C23H28N2O2. The number of nitrogens with zero attached hydrogens (tertiary/aromatic N) is 2. The van der Waals surface area contributed by atoms with Gasteiger partial charge in [0.25, 0.3) is 0 Å². The van der Waals surface area contributed by atoms with E-state index in [-0.39, 0.29) is 5.41 Å². The normalized spacial score (nSPS) is 15.5. The van der Waals surface area contributed by atoms with E-state index in [0.29, 0.717) is 24.3 Å². The van der Waals surface area contributed by atoms with Gasteiger partial charge in [-0.2, -0.15) is 0 Å². The van der Waals surface area contributed by atoms with Crippen LogP contribution < -0.4 is 0 Å². The van der Waals surface area contributed by atoms with Crippen LogP contribution in [0.5, 0.6) is 0 Å². The van der Waals surface area contributed by atoms with E-state index < -0.39 is 0 Å². The molecule has 4 nitrogen and oxygen atoms in total. The Balaban J connectivity index is 2.08. The topological polar surface area (TPSA) is 65.2 Å². The van der Waals surface area contributed by atoms with Crippen LogP contribution in [0.1, 0.15) is 69.6 Å². The van der Waals surface area contributed by atoms with Crippen LogP contribution >= 0.6 is 0 Å². The first kappa shape index (κ1) is 19.2. The molecule has 142 valence electrons. The summed E-state index contributed by atoms with van der Waals surface area (Å²) in [5.74, 6) is 0. The van der Waals surface area contributed by atoms with Gasteiger partial charge in [-0.1, -0.05) is 73.9 Å². The molecule has 0 unspecified atom stereocenters. The molecule has 3 rings (SSSR count). The van der Waals surface area contributed by atoms with Crippen molar-refractivity contribution in [2.45, 2.75) is 58.3 Å². The SMILES string of the molecule is CCCC(CC(=NO)c1ccc2c(c1)C(CC)(CC)c1ccccc1-2)=NO. The van der Waals surface area contributed by atoms with Crippen LogP contribution in [-0.4, -0.2) is 21.8 Å². The Kier molecular flexibility index (Phi) is 5.64. The van der Waals surface area contributed by atoms with Crippen LogP contribution in [0.3, 0.4) is 0 Å². The Labute approximate surface area is 161 Å². The van der Waals surface area contributed by atoms with E-state index in [1.807, 2.05) is 13.0 Å². The van der Waals surface area contributed by atoms with Crippen LogP contribution in [0.25, 0.3) is 11.1 Å². The molecule has 1 aliphatic carbocycles. The van der Waals surface area contributed by atoms with Gasteiger partial charge in [0.05, 0.1) is 11.4 Å². The third kappa shape index (κ3) is 3.14. The zero-order chi connectivity index (χ0) is 19.4. The molecule has 27 heavy (non-hydrogen) atoms. The summed E-state index contributed by atoms with van der Waals surface area (Å²) in [6.45, 7) is 6.51. The first-order valence-corrected chi connectivity index (χ1v) is 9.80. The maximum Gasteiger partial charge on any atom is 0.0925 e. The van der Waals surface area contributed by atoms with E-state index in [2.05, 4.69) is 60.6 Å². The molecule has 0 radical (unpaired) electrons. The Morgan fingerprint density at radius 3 is 2.22 bits per heavy atom. The summed E-state index contributed by atoms with van der Waals surface area (Å²) < 4.78 is 0. The zero-order valence-corrected chi connectivity index (χ0v) is 16.4. The molecule has 0 aliphatic heterocycles. The van der Waals surface area contributed by atoms with Crippen molar-refractivity contribution in [1.82, 2.24) is 0 Å². The maximum absolute atomic E-state index is 9.61. The highest BCUT2D eigenvalue weighted by Crippen LogP contribution is 2.52. The second-order valence-electron chi connectivity index (χ2n) is 7.23. The summed E-state index contributed by atoms with van der Waals surface area (Å²) in [4.78, 5) is 0. The predicted octanol–water partition coefficient (Wildman–Crippen LogP) is 5.97. The average molecular weight is 364 g/mol.